The lowest BCUT2D eigenvalue weighted by atomic mass is 10.1. The van der Waals surface area contributed by atoms with Crippen molar-refractivity contribution in [1.82, 2.24) is 4.98 Å². The SMILES string of the molecule is Cc1ccc2occ(/C=C/C(=O)Nc3ccccn3)c(=O)c2c1. The fraction of sp³-hybridized carbons (Fsp3) is 0.0556. The monoisotopic (exact) mass is 306 g/mol. The van der Waals surface area contributed by atoms with Gasteiger partial charge in [-0.2, -0.15) is 0 Å². The number of amides is 1. The first-order valence-corrected chi connectivity index (χ1v) is 7.06. The summed E-state index contributed by atoms with van der Waals surface area (Å²) >= 11 is 0. The van der Waals surface area contributed by atoms with Crippen LogP contribution in [0, 0.1) is 6.92 Å². The van der Waals surface area contributed by atoms with Crippen molar-refractivity contribution >= 4 is 28.8 Å². The van der Waals surface area contributed by atoms with Crippen molar-refractivity contribution in [1.29, 1.82) is 0 Å². The molecule has 0 saturated carbocycles. The molecule has 0 radical (unpaired) electrons. The van der Waals surface area contributed by atoms with E-state index in [0.29, 0.717) is 22.4 Å². The predicted molar refractivity (Wildman–Crippen MR) is 89.1 cm³/mol. The summed E-state index contributed by atoms with van der Waals surface area (Å²) in [5.41, 5.74) is 1.64. The molecule has 3 aromatic rings. The molecule has 2 heterocycles. The minimum absolute atomic E-state index is 0.170. The van der Waals surface area contributed by atoms with Crippen LogP contribution in [0.1, 0.15) is 11.1 Å². The summed E-state index contributed by atoms with van der Waals surface area (Å²) in [6.07, 6.45) is 5.65. The first kappa shape index (κ1) is 14.7. The number of nitrogens with one attached hydrogen (secondary N) is 1. The van der Waals surface area contributed by atoms with E-state index in [-0.39, 0.29) is 11.3 Å². The molecule has 0 spiro atoms. The molecule has 5 heteroatoms. The fourth-order valence-electron chi connectivity index (χ4n) is 2.15. The van der Waals surface area contributed by atoms with Crippen LogP contribution in [0.3, 0.4) is 0 Å². The van der Waals surface area contributed by atoms with Crippen LogP contribution in [0.5, 0.6) is 0 Å². The highest BCUT2D eigenvalue weighted by Crippen LogP contribution is 2.13. The van der Waals surface area contributed by atoms with E-state index in [2.05, 4.69) is 10.3 Å². The van der Waals surface area contributed by atoms with Crippen molar-refractivity contribution < 1.29 is 9.21 Å². The smallest absolute Gasteiger partial charge is 0.249 e. The summed E-state index contributed by atoms with van der Waals surface area (Å²) in [4.78, 5) is 28.2. The van der Waals surface area contributed by atoms with Gasteiger partial charge < -0.3 is 9.73 Å². The molecule has 1 N–H and O–H groups in total. The number of carbonyl (C=O) groups is 1. The first-order valence-electron chi connectivity index (χ1n) is 7.06. The minimum atomic E-state index is -0.368. The zero-order chi connectivity index (χ0) is 16.2. The van der Waals surface area contributed by atoms with Gasteiger partial charge in [0.2, 0.25) is 5.91 Å². The summed E-state index contributed by atoms with van der Waals surface area (Å²) in [7, 11) is 0. The number of anilines is 1. The fourth-order valence-corrected chi connectivity index (χ4v) is 2.15. The van der Waals surface area contributed by atoms with E-state index < -0.39 is 0 Å². The second-order valence-electron chi connectivity index (χ2n) is 5.06. The highest BCUT2D eigenvalue weighted by molar-refractivity contribution is 6.01. The van der Waals surface area contributed by atoms with Crippen molar-refractivity contribution in [3.05, 3.63) is 76.3 Å². The summed E-state index contributed by atoms with van der Waals surface area (Å²) in [5, 5.41) is 3.11. The maximum atomic E-state index is 12.4. The molecule has 5 nitrogen and oxygen atoms in total. The van der Waals surface area contributed by atoms with Gasteiger partial charge in [-0.3, -0.25) is 9.59 Å². The van der Waals surface area contributed by atoms with E-state index in [1.54, 1.807) is 36.5 Å². The van der Waals surface area contributed by atoms with Crippen LogP contribution in [-0.2, 0) is 4.79 Å². The largest absolute Gasteiger partial charge is 0.463 e. The molecular weight excluding hydrogens is 292 g/mol. The number of hydrogen-bond donors (Lipinski definition) is 1. The van der Waals surface area contributed by atoms with Crippen LogP contribution in [0.2, 0.25) is 0 Å². The molecule has 0 unspecified atom stereocenters. The number of pyridine rings is 1. The van der Waals surface area contributed by atoms with Gasteiger partial charge in [0.25, 0.3) is 0 Å². The third kappa shape index (κ3) is 3.35. The number of carbonyl (C=O) groups excluding carboxylic acids is 1. The molecule has 0 saturated heterocycles. The zero-order valence-corrected chi connectivity index (χ0v) is 12.4. The van der Waals surface area contributed by atoms with Crippen LogP contribution in [-0.4, -0.2) is 10.9 Å². The van der Waals surface area contributed by atoms with Gasteiger partial charge in [-0.15, -0.1) is 0 Å². The molecule has 23 heavy (non-hydrogen) atoms. The summed E-state index contributed by atoms with van der Waals surface area (Å²) < 4.78 is 5.43. The van der Waals surface area contributed by atoms with Crippen molar-refractivity contribution in [2.75, 3.05) is 5.32 Å². The van der Waals surface area contributed by atoms with Gasteiger partial charge in [0.05, 0.1) is 10.9 Å². The van der Waals surface area contributed by atoms with Crippen LogP contribution < -0.4 is 10.7 Å². The Morgan fingerprint density at radius 1 is 1.26 bits per heavy atom. The minimum Gasteiger partial charge on any atom is -0.463 e. The van der Waals surface area contributed by atoms with E-state index in [9.17, 15) is 9.59 Å². The summed E-state index contributed by atoms with van der Waals surface area (Å²) in [5.74, 6) is 0.0794. The second-order valence-corrected chi connectivity index (χ2v) is 5.06. The topological polar surface area (TPSA) is 72.2 Å². The molecule has 1 amide bonds. The standard InChI is InChI=1S/C18H14N2O3/c1-12-5-7-15-14(10-12)18(22)13(11-23-15)6-8-17(21)20-16-4-2-3-9-19-16/h2-11H,1H3,(H,19,20,21)/b8-6+. The predicted octanol–water partition coefficient (Wildman–Crippen LogP) is 3.15. The highest BCUT2D eigenvalue weighted by Gasteiger charge is 2.05. The highest BCUT2D eigenvalue weighted by atomic mass is 16.3. The molecule has 0 aliphatic rings. The molecule has 0 aliphatic carbocycles. The van der Waals surface area contributed by atoms with Gasteiger partial charge in [-0.25, -0.2) is 4.98 Å². The molecule has 0 atom stereocenters. The number of rotatable bonds is 3. The summed E-state index contributed by atoms with van der Waals surface area (Å²) in [6.45, 7) is 1.90. The van der Waals surface area contributed by atoms with Gasteiger partial charge in [-0.1, -0.05) is 17.7 Å². The van der Waals surface area contributed by atoms with E-state index in [1.807, 2.05) is 13.0 Å². The molecule has 1 aromatic carbocycles. The number of aromatic nitrogens is 1. The van der Waals surface area contributed by atoms with Gasteiger partial charge in [0.1, 0.15) is 17.7 Å². The van der Waals surface area contributed by atoms with Crippen LogP contribution >= 0.6 is 0 Å². The van der Waals surface area contributed by atoms with E-state index in [0.717, 1.165) is 5.56 Å². The van der Waals surface area contributed by atoms with Crippen LogP contribution in [0.15, 0.2) is 64.1 Å². The molecule has 0 aliphatic heterocycles. The molecular formula is C18H14N2O3. The van der Waals surface area contributed by atoms with Crippen molar-refractivity contribution in [3.8, 4) is 0 Å². The maximum absolute atomic E-state index is 12.4. The first-order chi connectivity index (χ1) is 11.1. The molecule has 0 fully saturated rings. The van der Waals surface area contributed by atoms with Gasteiger partial charge in [-0.05, 0) is 37.3 Å². The Labute approximate surface area is 132 Å². The Bertz CT molecular complexity index is 943. The Hall–Kier alpha value is -3.21. The maximum Gasteiger partial charge on any atom is 0.249 e. The summed E-state index contributed by atoms with van der Waals surface area (Å²) in [6, 6.07) is 10.6. The Morgan fingerprint density at radius 3 is 2.91 bits per heavy atom. The lowest BCUT2D eigenvalue weighted by Gasteiger charge is -2.01. The average Bonchev–Trinajstić information content (AvgIpc) is 2.56. The Morgan fingerprint density at radius 2 is 2.13 bits per heavy atom. The molecule has 2 aromatic heterocycles. The van der Waals surface area contributed by atoms with Crippen molar-refractivity contribution in [3.63, 3.8) is 0 Å². The van der Waals surface area contributed by atoms with Crippen LogP contribution in [0.25, 0.3) is 17.0 Å². The Balaban J connectivity index is 1.85. The number of benzene rings is 1. The molecule has 0 bridgehead atoms. The molecule has 3 rings (SSSR count). The van der Waals surface area contributed by atoms with Gasteiger partial charge in [0, 0.05) is 12.3 Å². The number of fused-ring (bicyclic) bond motifs is 1. The van der Waals surface area contributed by atoms with E-state index >= 15 is 0 Å². The second kappa shape index (κ2) is 6.27. The third-order valence-corrected chi connectivity index (χ3v) is 3.29. The average molecular weight is 306 g/mol. The third-order valence-electron chi connectivity index (χ3n) is 3.29. The molecule has 114 valence electrons. The number of nitrogens with zero attached hydrogens (tertiary/aromatic N) is 1. The van der Waals surface area contributed by atoms with Crippen molar-refractivity contribution in [2.24, 2.45) is 0 Å². The number of aryl methyl sites for hydroxylation is 1. The lowest BCUT2D eigenvalue weighted by Crippen LogP contribution is -2.10. The van der Waals surface area contributed by atoms with Crippen LogP contribution in [0.4, 0.5) is 5.82 Å². The normalized spacial score (nSPS) is 11.0. The van der Waals surface area contributed by atoms with Gasteiger partial charge >= 0.3 is 0 Å². The van der Waals surface area contributed by atoms with E-state index in [1.165, 1.54) is 18.4 Å². The Kier molecular flexibility index (Phi) is 4.01. The quantitative estimate of drug-likeness (QED) is 0.754. The zero-order valence-electron chi connectivity index (χ0n) is 12.4. The van der Waals surface area contributed by atoms with Crippen molar-refractivity contribution in [2.45, 2.75) is 6.92 Å². The lowest BCUT2D eigenvalue weighted by molar-refractivity contribution is -0.111. The number of hydrogen-bond acceptors (Lipinski definition) is 4. The van der Waals surface area contributed by atoms with E-state index in [4.69, 9.17) is 4.42 Å². The van der Waals surface area contributed by atoms with Gasteiger partial charge in [0.15, 0.2) is 5.43 Å².